The third kappa shape index (κ3) is 3.42. The summed E-state index contributed by atoms with van der Waals surface area (Å²) in [4.78, 5) is 48.7. The van der Waals surface area contributed by atoms with Gasteiger partial charge in [0.2, 0.25) is 0 Å². The average molecular weight is 394 g/mol. The molecule has 3 rings (SSSR count). The molecular formula is C16H18N4O6S. The van der Waals surface area contributed by atoms with Crippen LogP contribution in [-0.2, 0) is 26.2 Å². The van der Waals surface area contributed by atoms with Crippen molar-refractivity contribution < 1.29 is 29.0 Å². The Labute approximate surface area is 158 Å². The number of rotatable bonds is 5. The minimum absolute atomic E-state index is 0.187. The minimum Gasteiger partial charge on any atom is -0.477 e. The molecule has 2 aliphatic rings. The molecule has 11 heteroatoms. The van der Waals surface area contributed by atoms with Gasteiger partial charge in [-0.3, -0.25) is 24.0 Å². The van der Waals surface area contributed by atoms with Crippen molar-refractivity contribution in [2.45, 2.75) is 25.3 Å². The van der Waals surface area contributed by atoms with E-state index >= 15 is 0 Å². The predicted octanol–water partition coefficient (Wildman–Crippen LogP) is -0.356. The maximum Gasteiger partial charge on any atom is 0.352 e. The number of nitrogens with one attached hydrogen (secondary N) is 1. The van der Waals surface area contributed by atoms with Crippen LogP contribution in [0.15, 0.2) is 17.5 Å². The lowest BCUT2D eigenvalue weighted by molar-refractivity contribution is -0.149. The van der Waals surface area contributed by atoms with Gasteiger partial charge in [0, 0.05) is 31.5 Å². The highest BCUT2D eigenvalue weighted by atomic mass is 32.2. The number of carbonyl (C=O) groups excluding carboxylic acids is 3. The van der Waals surface area contributed by atoms with E-state index in [2.05, 4.69) is 10.4 Å². The SMILES string of the molecule is CC(=O)OCC1=C(C(=O)O)N2C(=O)[C@H](NC(=O)c3cn(C)nc3C)[C@@H]2SC1. The third-order valence-corrected chi connectivity index (χ3v) is 5.58. The molecule has 1 saturated heterocycles. The summed E-state index contributed by atoms with van der Waals surface area (Å²) in [6.07, 6.45) is 1.55. The standard InChI is InChI=1S/C16H18N4O6S/c1-7-10(4-19(3)18-7)13(22)17-11-14(23)20-12(16(24)25)9(5-26-8(2)21)6-27-15(11)20/h4,11,15H,5-6H2,1-3H3,(H,17,22)(H,24,25)/t11-,15-/m0/s1. The molecule has 0 unspecified atom stereocenters. The van der Waals surface area contributed by atoms with Crippen LogP contribution in [0.4, 0.5) is 0 Å². The summed E-state index contributed by atoms with van der Waals surface area (Å²) >= 11 is 1.31. The van der Waals surface area contributed by atoms with Crippen molar-refractivity contribution >= 4 is 35.5 Å². The van der Waals surface area contributed by atoms with E-state index in [1.165, 1.54) is 23.4 Å². The van der Waals surface area contributed by atoms with E-state index in [9.17, 15) is 24.3 Å². The molecule has 2 atom stereocenters. The van der Waals surface area contributed by atoms with Crippen molar-refractivity contribution in [1.29, 1.82) is 0 Å². The van der Waals surface area contributed by atoms with E-state index < -0.39 is 35.2 Å². The molecule has 0 spiro atoms. The number of fused-ring (bicyclic) bond motifs is 1. The van der Waals surface area contributed by atoms with Gasteiger partial charge in [0.15, 0.2) is 0 Å². The number of esters is 1. The number of aliphatic carboxylic acids is 1. The van der Waals surface area contributed by atoms with Crippen molar-refractivity contribution in [2.24, 2.45) is 7.05 Å². The van der Waals surface area contributed by atoms with Crippen LogP contribution in [0.1, 0.15) is 23.0 Å². The Balaban J connectivity index is 1.77. The maximum atomic E-state index is 12.5. The summed E-state index contributed by atoms with van der Waals surface area (Å²) in [5.74, 6) is -2.48. The molecule has 0 aliphatic carbocycles. The number of thioether (sulfide) groups is 1. The summed E-state index contributed by atoms with van der Waals surface area (Å²) in [6.45, 7) is 2.72. The van der Waals surface area contributed by atoms with Gasteiger partial charge in [0.25, 0.3) is 11.8 Å². The van der Waals surface area contributed by atoms with Crippen LogP contribution in [0.5, 0.6) is 0 Å². The first-order valence-corrected chi connectivity index (χ1v) is 9.10. The molecular weight excluding hydrogens is 376 g/mol. The lowest BCUT2D eigenvalue weighted by Crippen LogP contribution is -2.70. The minimum atomic E-state index is -1.27. The normalized spacial score (nSPS) is 21.4. The molecule has 2 amide bonds. The summed E-state index contributed by atoms with van der Waals surface area (Å²) in [5.41, 5.74) is 1.05. The van der Waals surface area contributed by atoms with E-state index in [1.54, 1.807) is 20.2 Å². The number of carboxylic acid groups (broad SMARTS) is 1. The molecule has 2 N–H and O–H groups in total. The van der Waals surface area contributed by atoms with Gasteiger partial charge in [-0.1, -0.05) is 0 Å². The van der Waals surface area contributed by atoms with Crippen LogP contribution >= 0.6 is 11.8 Å². The number of carbonyl (C=O) groups is 4. The van der Waals surface area contributed by atoms with Crippen LogP contribution < -0.4 is 5.32 Å². The van der Waals surface area contributed by atoms with Crippen LogP contribution in [-0.4, -0.2) is 67.3 Å². The Kier molecular flexibility index (Phi) is 4.96. The van der Waals surface area contributed by atoms with Crippen molar-refractivity contribution in [3.8, 4) is 0 Å². The highest BCUT2D eigenvalue weighted by Gasteiger charge is 2.54. The second kappa shape index (κ2) is 7.06. The van der Waals surface area contributed by atoms with Gasteiger partial charge >= 0.3 is 11.9 Å². The summed E-state index contributed by atoms with van der Waals surface area (Å²) in [7, 11) is 1.69. The monoisotopic (exact) mass is 394 g/mol. The molecule has 1 fully saturated rings. The number of hydrogen-bond donors (Lipinski definition) is 2. The van der Waals surface area contributed by atoms with Crippen LogP contribution in [0, 0.1) is 6.92 Å². The van der Waals surface area contributed by atoms with Gasteiger partial charge in [-0.25, -0.2) is 4.79 Å². The van der Waals surface area contributed by atoms with E-state index in [-0.39, 0.29) is 18.1 Å². The quantitative estimate of drug-likeness (QED) is 0.512. The largest absolute Gasteiger partial charge is 0.477 e. The lowest BCUT2D eigenvalue weighted by atomic mass is 10.0. The highest BCUT2D eigenvalue weighted by molar-refractivity contribution is 8.00. The molecule has 1 aromatic rings. The fourth-order valence-corrected chi connectivity index (χ4v) is 4.35. The maximum absolute atomic E-state index is 12.5. The number of hydrogen-bond acceptors (Lipinski definition) is 7. The first-order chi connectivity index (χ1) is 12.7. The fraction of sp³-hybridized carbons (Fsp3) is 0.438. The zero-order valence-corrected chi connectivity index (χ0v) is 15.7. The van der Waals surface area contributed by atoms with E-state index in [1.807, 2.05) is 0 Å². The second-order valence-corrected chi connectivity index (χ2v) is 7.31. The van der Waals surface area contributed by atoms with Crippen molar-refractivity contribution in [3.05, 3.63) is 28.7 Å². The van der Waals surface area contributed by atoms with Gasteiger partial charge in [0.05, 0.1) is 11.3 Å². The zero-order valence-electron chi connectivity index (χ0n) is 14.9. The Morgan fingerprint density at radius 2 is 2.15 bits per heavy atom. The smallest absolute Gasteiger partial charge is 0.352 e. The van der Waals surface area contributed by atoms with Gasteiger partial charge in [-0.2, -0.15) is 5.10 Å². The molecule has 3 heterocycles. The van der Waals surface area contributed by atoms with E-state index in [0.717, 1.165) is 4.90 Å². The Morgan fingerprint density at radius 3 is 2.70 bits per heavy atom. The topological polar surface area (TPSA) is 131 Å². The average Bonchev–Trinajstić information content (AvgIpc) is 2.94. The van der Waals surface area contributed by atoms with Crippen LogP contribution in [0.2, 0.25) is 0 Å². The number of carboxylic acids is 1. The molecule has 27 heavy (non-hydrogen) atoms. The number of aromatic nitrogens is 2. The molecule has 2 aliphatic heterocycles. The van der Waals surface area contributed by atoms with E-state index in [0.29, 0.717) is 16.8 Å². The van der Waals surface area contributed by atoms with Gasteiger partial charge in [-0.05, 0) is 6.92 Å². The number of ether oxygens (including phenoxy) is 1. The van der Waals surface area contributed by atoms with Gasteiger partial charge < -0.3 is 15.2 Å². The summed E-state index contributed by atoms with van der Waals surface area (Å²) in [5, 5.41) is 15.7. The summed E-state index contributed by atoms with van der Waals surface area (Å²) < 4.78 is 6.38. The van der Waals surface area contributed by atoms with Crippen molar-refractivity contribution in [3.63, 3.8) is 0 Å². The zero-order chi connectivity index (χ0) is 19.9. The van der Waals surface area contributed by atoms with Crippen molar-refractivity contribution in [1.82, 2.24) is 20.0 Å². The number of amides is 2. The number of nitrogens with zero attached hydrogens (tertiary/aromatic N) is 3. The molecule has 0 radical (unpaired) electrons. The Bertz CT molecular complexity index is 876. The molecule has 1 aromatic heterocycles. The van der Waals surface area contributed by atoms with Gasteiger partial charge in [-0.15, -0.1) is 11.8 Å². The van der Waals surface area contributed by atoms with E-state index in [4.69, 9.17) is 4.74 Å². The third-order valence-electron chi connectivity index (χ3n) is 4.24. The molecule has 144 valence electrons. The molecule has 0 bridgehead atoms. The van der Waals surface area contributed by atoms with Crippen LogP contribution in [0.3, 0.4) is 0 Å². The first-order valence-electron chi connectivity index (χ1n) is 8.05. The fourth-order valence-electron chi connectivity index (χ4n) is 3.02. The van der Waals surface area contributed by atoms with Crippen molar-refractivity contribution in [2.75, 3.05) is 12.4 Å². The predicted molar refractivity (Wildman–Crippen MR) is 93.6 cm³/mol. The number of β-lactam (4-membered cyclic amide) rings is 1. The second-order valence-electron chi connectivity index (χ2n) is 6.20. The lowest BCUT2D eigenvalue weighted by Gasteiger charge is -2.49. The first kappa shape index (κ1) is 19.0. The van der Waals surface area contributed by atoms with Gasteiger partial charge in [0.1, 0.15) is 23.7 Å². The Hall–Kier alpha value is -2.82. The number of aryl methyl sites for hydroxylation is 2. The summed E-state index contributed by atoms with van der Waals surface area (Å²) in [6, 6.07) is -0.827. The molecule has 0 aromatic carbocycles. The molecule has 10 nitrogen and oxygen atoms in total. The van der Waals surface area contributed by atoms with Crippen LogP contribution in [0.25, 0.3) is 0 Å². The Morgan fingerprint density at radius 1 is 1.44 bits per heavy atom. The molecule has 0 saturated carbocycles. The highest BCUT2D eigenvalue weighted by Crippen LogP contribution is 2.40.